The number of hydrogen-bond acceptors (Lipinski definition) is 2. The largest absolute Gasteiger partial charge is 0.388 e. The van der Waals surface area contributed by atoms with Gasteiger partial charge in [-0.05, 0) is 32.8 Å². The van der Waals surface area contributed by atoms with Crippen molar-refractivity contribution in [3.05, 3.63) is 28.8 Å². The highest BCUT2D eigenvalue weighted by atomic mass is 35.5. The van der Waals surface area contributed by atoms with Gasteiger partial charge in [0.15, 0.2) is 5.82 Å². The van der Waals surface area contributed by atoms with Crippen LogP contribution in [0.25, 0.3) is 0 Å². The van der Waals surface area contributed by atoms with Crippen molar-refractivity contribution >= 4 is 23.3 Å². The highest BCUT2D eigenvalue weighted by Crippen LogP contribution is 2.30. The van der Waals surface area contributed by atoms with Crippen LogP contribution in [0.15, 0.2) is 12.1 Å². The number of hydrogen-bond donors (Lipinski definition) is 2. The molecular weight excluding hydrogens is 302 g/mol. The molecule has 1 saturated heterocycles. The van der Waals surface area contributed by atoms with E-state index in [9.17, 15) is 18.7 Å². The van der Waals surface area contributed by atoms with E-state index < -0.39 is 23.3 Å². The molecule has 0 radical (unpaired) electrons. The lowest BCUT2D eigenvalue weighted by Gasteiger charge is -2.33. The second-order valence-electron chi connectivity index (χ2n) is 5.68. The number of carbonyl (C=O) groups excluding carboxylic acids is 1. The first-order chi connectivity index (χ1) is 9.70. The van der Waals surface area contributed by atoms with Gasteiger partial charge in [0.1, 0.15) is 5.82 Å². The Bertz CT molecular complexity index is 537. The highest BCUT2D eigenvalue weighted by molar-refractivity contribution is 6.33. The number of nitrogens with zero attached hydrogens (tertiary/aromatic N) is 1. The molecule has 7 heteroatoms. The van der Waals surface area contributed by atoms with Gasteiger partial charge in [0.05, 0.1) is 22.4 Å². The number of likely N-dealkylation sites (tertiary alicyclic amines) is 1. The zero-order valence-corrected chi connectivity index (χ0v) is 12.5. The van der Waals surface area contributed by atoms with Gasteiger partial charge in [0, 0.05) is 12.6 Å². The Balaban J connectivity index is 2.19. The standard InChI is InChI=1S/C14H17ClF2N2O2/c1-14(2,21)11-4-3-5-19(11)13(20)18-12-9(15)6-8(16)7-10(12)17/h6-7,11,21H,3-5H2,1-2H3,(H,18,20). The summed E-state index contributed by atoms with van der Waals surface area (Å²) in [5.41, 5.74) is -1.32. The maximum absolute atomic E-state index is 13.7. The van der Waals surface area contributed by atoms with Crippen LogP contribution >= 0.6 is 11.6 Å². The van der Waals surface area contributed by atoms with Crippen LogP contribution in [0.1, 0.15) is 26.7 Å². The lowest BCUT2D eigenvalue weighted by Crippen LogP contribution is -2.49. The van der Waals surface area contributed by atoms with Gasteiger partial charge in [0.2, 0.25) is 0 Å². The lowest BCUT2D eigenvalue weighted by atomic mass is 9.97. The van der Waals surface area contributed by atoms with Gasteiger partial charge in [-0.1, -0.05) is 11.6 Å². The molecule has 1 unspecified atom stereocenters. The fourth-order valence-corrected chi connectivity index (χ4v) is 2.83. The molecule has 1 heterocycles. The van der Waals surface area contributed by atoms with Gasteiger partial charge in [0.25, 0.3) is 0 Å². The van der Waals surface area contributed by atoms with E-state index in [1.54, 1.807) is 13.8 Å². The molecule has 1 aliphatic rings. The topological polar surface area (TPSA) is 52.6 Å². The number of aliphatic hydroxyl groups is 1. The maximum atomic E-state index is 13.7. The van der Waals surface area contributed by atoms with Crippen molar-refractivity contribution in [2.24, 2.45) is 0 Å². The number of halogens is 3. The van der Waals surface area contributed by atoms with E-state index in [1.807, 2.05) is 0 Å². The number of nitrogens with one attached hydrogen (secondary N) is 1. The van der Waals surface area contributed by atoms with E-state index >= 15 is 0 Å². The summed E-state index contributed by atoms with van der Waals surface area (Å²) in [6.45, 7) is 3.70. The van der Waals surface area contributed by atoms with Crippen LogP contribution in [0.3, 0.4) is 0 Å². The predicted molar refractivity (Wildman–Crippen MR) is 76.4 cm³/mol. The number of anilines is 1. The Labute approximate surface area is 126 Å². The summed E-state index contributed by atoms with van der Waals surface area (Å²) < 4.78 is 26.7. The van der Waals surface area contributed by atoms with Crippen LogP contribution in [0.2, 0.25) is 5.02 Å². The molecule has 1 atom stereocenters. The molecule has 2 amide bonds. The number of benzene rings is 1. The molecule has 4 nitrogen and oxygen atoms in total. The highest BCUT2D eigenvalue weighted by Gasteiger charge is 2.38. The minimum atomic E-state index is -1.06. The normalized spacial score (nSPS) is 19.0. The van der Waals surface area contributed by atoms with Crippen LogP contribution in [0, 0.1) is 11.6 Å². The molecule has 116 valence electrons. The minimum Gasteiger partial charge on any atom is -0.388 e. The summed E-state index contributed by atoms with van der Waals surface area (Å²) in [6.07, 6.45) is 1.41. The summed E-state index contributed by atoms with van der Waals surface area (Å²) in [4.78, 5) is 13.7. The van der Waals surface area contributed by atoms with Crippen molar-refractivity contribution in [2.45, 2.75) is 38.3 Å². The molecular formula is C14H17ClF2N2O2. The molecule has 2 N–H and O–H groups in total. The fraction of sp³-hybridized carbons (Fsp3) is 0.500. The Morgan fingerprint density at radius 2 is 2.14 bits per heavy atom. The number of rotatable bonds is 2. The Kier molecular flexibility index (Phi) is 4.39. The Morgan fingerprint density at radius 1 is 1.48 bits per heavy atom. The van der Waals surface area contributed by atoms with Crippen LogP contribution in [-0.4, -0.2) is 34.2 Å². The van der Waals surface area contributed by atoms with Gasteiger partial charge in [-0.15, -0.1) is 0 Å². The monoisotopic (exact) mass is 318 g/mol. The van der Waals surface area contributed by atoms with Gasteiger partial charge in [-0.3, -0.25) is 0 Å². The van der Waals surface area contributed by atoms with Crippen LogP contribution in [0.5, 0.6) is 0 Å². The van der Waals surface area contributed by atoms with Crippen LogP contribution in [0.4, 0.5) is 19.3 Å². The van der Waals surface area contributed by atoms with E-state index in [4.69, 9.17) is 11.6 Å². The summed E-state index contributed by atoms with van der Waals surface area (Å²) >= 11 is 5.75. The van der Waals surface area contributed by atoms with Gasteiger partial charge >= 0.3 is 6.03 Å². The SMILES string of the molecule is CC(C)(O)C1CCCN1C(=O)Nc1c(F)cc(F)cc1Cl. The second kappa shape index (κ2) is 5.77. The molecule has 0 spiro atoms. The predicted octanol–water partition coefficient (Wildman–Crippen LogP) is 3.39. The molecule has 0 aliphatic carbocycles. The molecule has 1 aromatic rings. The first-order valence-corrected chi connectivity index (χ1v) is 7.02. The van der Waals surface area contributed by atoms with E-state index in [2.05, 4.69) is 5.32 Å². The van der Waals surface area contributed by atoms with Crippen molar-refractivity contribution in [3.8, 4) is 0 Å². The zero-order valence-electron chi connectivity index (χ0n) is 11.8. The maximum Gasteiger partial charge on any atom is 0.322 e. The van der Waals surface area contributed by atoms with Gasteiger partial charge < -0.3 is 15.3 Å². The van der Waals surface area contributed by atoms with E-state index in [0.717, 1.165) is 12.5 Å². The fourth-order valence-electron chi connectivity index (χ4n) is 2.58. The average molecular weight is 319 g/mol. The van der Waals surface area contributed by atoms with E-state index in [1.165, 1.54) is 4.90 Å². The molecule has 2 rings (SSSR count). The number of carbonyl (C=O) groups is 1. The summed E-state index contributed by atoms with van der Waals surface area (Å²) in [6, 6.07) is 0.656. The Morgan fingerprint density at radius 3 is 2.71 bits per heavy atom. The Hall–Kier alpha value is -1.40. The van der Waals surface area contributed by atoms with Crippen LogP contribution in [-0.2, 0) is 0 Å². The second-order valence-corrected chi connectivity index (χ2v) is 6.09. The molecule has 0 aromatic heterocycles. The number of urea groups is 1. The van der Waals surface area contributed by atoms with Crippen molar-refractivity contribution in [2.75, 3.05) is 11.9 Å². The molecule has 1 aromatic carbocycles. The molecule has 0 bridgehead atoms. The van der Waals surface area contributed by atoms with Gasteiger partial charge in [-0.25, -0.2) is 13.6 Å². The average Bonchev–Trinajstić information content (AvgIpc) is 2.82. The number of amides is 2. The molecule has 21 heavy (non-hydrogen) atoms. The lowest BCUT2D eigenvalue weighted by molar-refractivity contribution is 0.0117. The third kappa shape index (κ3) is 3.44. The zero-order chi connectivity index (χ0) is 15.8. The first kappa shape index (κ1) is 16.0. The van der Waals surface area contributed by atoms with E-state index in [-0.39, 0.29) is 16.8 Å². The molecule has 0 saturated carbocycles. The smallest absolute Gasteiger partial charge is 0.322 e. The third-order valence-electron chi connectivity index (χ3n) is 3.57. The third-order valence-corrected chi connectivity index (χ3v) is 3.87. The molecule has 1 fully saturated rings. The van der Waals surface area contributed by atoms with Crippen molar-refractivity contribution in [1.29, 1.82) is 0 Å². The van der Waals surface area contributed by atoms with E-state index in [0.29, 0.717) is 19.0 Å². The molecule has 1 aliphatic heterocycles. The summed E-state index contributed by atoms with van der Waals surface area (Å²) in [5.74, 6) is -1.75. The quantitative estimate of drug-likeness (QED) is 0.878. The first-order valence-electron chi connectivity index (χ1n) is 6.64. The summed E-state index contributed by atoms with van der Waals surface area (Å²) in [5, 5.41) is 12.2. The van der Waals surface area contributed by atoms with Crippen molar-refractivity contribution < 1.29 is 18.7 Å². The van der Waals surface area contributed by atoms with Crippen molar-refractivity contribution in [3.63, 3.8) is 0 Å². The van der Waals surface area contributed by atoms with Crippen LogP contribution < -0.4 is 5.32 Å². The minimum absolute atomic E-state index is 0.208. The van der Waals surface area contributed by atoms with Crippen molar-refractivity contribution in [1.82, 2.24) is 4.90 Å². The van der Waals surface area contributed by atoms with Gasteiger partial charge in [-0.2, -0.15) is 0 Å². The summed E-state index contributed by atoms with van der Waals surface area (Å²) in [7, 11) is 0.